The summed E-state index contributed by atoms with van der Waals surface area (Å²) in [5.41, 5.74) is -1.14. The van der Waals surface area contributed by atoms with E-state index < -0.39 is 30.5 Å². The zero-order chi connectivity index (χ0) is 14.7. The fourth-order valence-electron chi connectivity index (χ4n) is 2.42. The first-order valence-corrected chi connectivity index (χ1v) is 9.93. The van der Waals surface area contributed by atoms with Gasteiger partial charge in [0.1, 0.15) is 5.54 Å². The molecule has 1 aliphatic rings. The normalized spacial score (nSPS) is 28.8. The minimum Gasteiger partial charge on any atom is -0.228 e. The first-order valence-electron chi connectivity index (χ1n) is 6.22. The molecule has 8 heteroatoms. The van der Waals surface area contributed by atoms with E-state index in [1.807, 2.05) is 6.07 Å². The van der Waals surface area contributed by atoms with Crippen LogP contribution in [-0.4, -0.2) is 33.7 Å². The van der Waals surface area contributed by atoms with Crippen LogP contribution in [0.5, 0.6) is 0 Å². The Balaban J connectivity index is 2.81. The highest BCUT2D eigenvalue weighted by Gasteiger charge is 2.39. The molecule has 0 bridgehead atoms. The second kappa shape index (κ2) is 5.77. The van der Waals surface area contributed by atoms with Crippen molar-refractivity contribution in [2.75, 3.05) is 11.3 Å². The molecule has 19 heavy (non-hydrogen) atoms. The van der Waals surface area contributed by atoms with Crippen LogP contribution in [0.3, 0.4) is 0 Å². The molecule has 0 aliphatic heterocycles. The molecule has 0 radical (unpaired) electrons. The lowest BCUT2D eigenvalue weighted by Gasteiger charge is -2.34. The number of sulfonamides is 1. The third kappa shape index (κ3) is 5.09. The van der Waals surface area contributed by atoms with Crippen LogP contribution in [-0.2, 0) is 19.9 Å². The number of sulfone groups is 1. The van der Waals surface area contributed by atoms with E-state index in [-0.39, 0.29) is 0 Å². The molecule has 110 valence electrons. The molecule has 0 atom stereocenters. The second-order valence-electron chi connectivity index (χ2n) is 5.31. The molecule has 0 aromatic heterocycles. The molecule has 0 unspecified atom stereocenters. The van der Waals surface area contributed by atoms with Crippen LogP contribution in [0, 0.1) is 17.2 Å². The van der Waals surface area contributed by atoms with Gasteiger partial charge in [-0.1, -0.05) is 13.3 Å². The molecule has 1 N–H and O–H groups in total. The second-order valence-corrected chi connectivity index (χ2v) is 9.53. The van der Waals surface area contributed by atoms with E-state index in [0.29, 0.717) is 18.8 Å². The predicted octanol–water partition coefficient (Wildman–Crippen LogP) is 0.770. The van der Waals surface area contributed by atoms with Gasteiger partial charge in [-0.3, -0.25) is 0 Å². The summed E-state index contributed by atoms with van der Waals surface area (Å²) in [4.78, 5) is 0. The van der Waals surface area contributed by atoms with Crippen LogP contribution in [0.25, 0.3) is 0 Å². The average molecular weight is 308 g/mol. The number of hydrogen-bond acceptors (Lipinski definition) is 5. The Bertz CT molecular complexity index is 552. The van der Waals surface area contributed by atoms with E-state index in [2.05, 4.69) is 11.6 Å². The Hall–Kier alpha value is -0.650. The fraction of sp³-hybridized carbons (Fsp3) is 0.909. The Morgan fingerprint density at radius 3 is 2.16 bits per heavy atom. The van der Waals surface area contributed by atoms with Crippen molar-refractivity contribution < 1.29 is 16.8 Å². The molecule has 1 rings (SSSR count). The third-order valence-corrected chi connectivity index (χ3v) is 7.13. The third-order valence-electron chi connectivity index (χ3n) is 3.47. The maximum absolute atomic E-state index is 11.8. The van der Waals surface area contributed by atoms with Gasteiger partial charge in [0.15, 0.2) is 14.9 Å². The van der Waals surface area contributed by atoms with Gasteiger partial charge in [-0.15, -0.1) is 0 Å². The molecule has 0 heterocycles. The maximum atomic E-state index is 11.8. The first-order chi connectivity index (χ1) is 8.61. The van der Waals surface area contributed by atoms with Crippen molar-refractivity contribution in [1.29, 1.82) is 5.26 Å². The highest BCUT2D eigenvalue weighted by Crippen LogP contribution is 2.33. The van der Waals surface area contributed by atoms with Gasteiger partial charge in [0.25, 0.3) is 0 Å². The molecule has 0 saturated heterocycles. The molecule has 0 spiro atoms. The molecule has 1 fully saturated rings. The van der Waals surface area contributed by atoms with Gasteiger partial charge < -0.3 is 0 Å². The Morgan fingerprint density at radius 2 is 1.79 bits per heavy atom. The van der Waals surface area contributed by atoms with E-state index in [9.17, 15) is 22.1 Å². The lowest BCUT2D eigenvalue weighted by molar-refractivity contribution is 0.259. The summed E-state index contributed by atoms with van der Waals surface area (Å²) in [5, 5.41) is 8.26. The molecular formula is C11H20N2O4S2. The summed E-state index contributed by atoms with van der Waals surface area (Å²) in [5.74, 6) is 0.515. The van der Waals surface area contributed by atoms with Crippen molar-refractivity contribution in [1.82, 2.24) is 4.72 Å². The monoisotopic (exact) mass is 308 g/mol. The quantitative estimate of drug-likeness (QED) is 0.808. The van der Waals surface area contributed by atoms with E-state index in [1.54, 1.807) is 0 Å². The first kappa shape index (κ1) is 16.4. The average Bonchev–Trinajstić information content (AvgIpc) is 2.26. The van der Waals surface area contributed by atoms with Crippen molar-refractivity contribution in [3.05, 3.63) is 0 Å². The molecule has 6 nitrogen and oxygen atoms in total. The van der Waals surface area contributed by atoms with E-state index in [4.69, 9.17) is 0 Å². The van der Waals surface area contributed by atoms with E-state index >= 15 is 0 Å². The zero-order valence-corrected chi connectivity index (χ0v) is 12.8. The minimum absolute atomic E-state index is 0.436. The summed E-state index contributed by atoms with van der Waals surface area (Å²) in [6, 6.07) is 2.02. The zero-order valence-electron chi connectivity index (χ0n) is 11.2. The lowest BCUT2D eigenvalue weighted by Crippen LogP contribution is -2.50. The topological polar surface area (TPSA) is 104 Å². The van der Waals surface area contributed by atoms with E-state index in [1.165, 1.54) is 0 Å². The molecule has 1 aliphatic carbocycles. The van der Waals surface area contributed by atoms with Crippen molar-refractivity contribution in [3.8, 4) is 6.07 Å². The van der Waals surface area contributed by atoms with Gasteiger partial charge >= 0.3 is 0 Å². The van der Waals surface area contributed by atoms with Gasteiger partial charge in [-0.2, -0.15) is 9.98 Å². The van der Waals surface area contributed by atoms with Crippen LogP contribution in [0.1, 0.15) is 39.0 Å². The molecule has 0 aromatic rings. The van der Waals surface area contributed by atoms with Crippen LogP contribution in [0.4, 0.5) is 0 Å². The Kier molecular flexibility index (Phi) is 4.98. The van der Waals surface area contributed by atoms with Gasteiger partial charge in [0.2, 0.25) is 10.0 Å². The molecule has 0 aromatic carbocycles. The molecular weight excluding hydrogens is 288 g/mol. The van der Waals surface area contributed by atoms with Gasteiger partial charge in [-0.05, 0) is 31.6 Å². The van der Waals surface area contributed by atoms with E-state index in [0.717, 1.165) is 25.5 Å². The number of hydrogen-bond donors (Lipinski definition) is 1. The van der Waals surface area contributed by atoms with Crippen LogP contribution in [0.15, 0.2) is 0 Å². The largest absolute Gasteiger partial charge is 0.228 e. The number of nitrogens with zero attached hydrogens (tertiary/aromatic N) is 1. The highest BCUT2D eigenvalue weighted by molar-refractivity contribution is 8.06. The molecule has 1 saturated carbocycles. The lowest BCUT2D eigenvalue weighted by atomic mass is 9.77. The maximum Gasteiger partial charge on any atom is 0.227 e. The summed E-state index contributed by atoms with van der Waals surface area (Å²) in [6.07, 6.45) is 4.31. The Morgan fingerprint density at radius 1 is 1.26 bits per heavy atom. The SMILES string of the molecule is CCC1CCC(C#N)(NS(=O)(=O)CS(C)(=O)=O)CC1. The van der Waals surface area contributed by atoms with Crippen molar-refractivity contribution in [3.63, 3.8) is 0 Å². The minimum atomic E-state index is -3.99. The molecule has 0 amide bonds. The highest BCUT2D eigenvalue weighted by atomic mass is 32.3. The van der Waals surface area contributed by atoms with Gasteiger partial charge in [-0.25, -0.2) is 16.8 Å². The van der Waals surface area contributed by atoms with Crippen molar-refractivity contribution in [2.24, 2.45) is 5.92 Å². The summed E-state index contributed by atoms with van der Waals surface area (Å²) in [6.45, 7) is 2.07. The number of nitriles is 1. The Labute approximate surface area is 115 Å². The fourth-order valence-corrected chi connectivity index (χ4v) is 5.76. The van der Waals surface area contributed by atoms with Crippen LogP contribution < -0.4 is 4.72 Å². The van der Waals surface area contributed by atoms with Gasteiger partial charge in [0, 0.05) is 6.26 Å². The summed E-state index contributed by atoms with van der Waals surface area (Å²) in [7, 11) is -7.64. The number of nitrogens with one attached hydrogen (secondary N) is 1. The standard InChI is InChI=1S/C11H20N2O4S2/c1-3-10-4-6-11(8-12,7-5-10)13-19(16,17)9-18(2,14)15/h10,13H,3-7,9H2,1-2H3. The summed E-state index contributed by atoms with van der Waals surface area (Å²) >= 11 is 0. The van der Waals surface area contributed by atoms with Crippen molar-refractivity contribution >= 4 is 19.9 Å². The van der Waals surface area contributed by atoms with Crippen LogP contribution in [0.2, 0.25) is 0 Å². The number of rotatable bonds is 5. The van der Waals surface area contributed by atoms with Gasteiger partial charge in [0.05, 0.1) is 6.07 Å². The van der Waals surface area contributed by atoms with Crippen LogP contribution >= 0.6 is 0 Å². The summed E-state index contributed by atoms with van der Waals surface area (Å²) < 4.78 is 48.0. The smallest absolute Gasteiger partial charge is 0.227 e. The van der Waals surface area contributed by atoms with Crippen molar-refractivity contribution in [2.45, 2.75) is 44.6 Å². The predicted molar refractivity (Wildman–Crippen MR) is 72.4 cm³/mol.